The highest BCUT2D eigenvalue weighted by atomic mass is 79.9. The largest absolute Gasteiger partial charge is 0.494 e. The van der Waals surface area contributed by atoms with Crippen molar-refractivity contribution < 1.29 is 9.90 Å². The summed E-state index contributed by atoms with van der Waals surface area (Å²) in [5.74, 6) is -0.0861. The minimum atomic E-state index is -0.209. The molecule has 0 radical (unpaired) electrons. The summed E-state index contributed by atoms with van der Waals surface area (Å²) in [5, 5.41) is 12.8. The van der Waals surface area contributed by atoms with Gasteiger partial charge < -0.3 is 10.1 Å². The fourth-order valence-corrected chi connectivity index (χ4v) is 5.66. The molecule has 0 unspecified atom stereocenters. The molecule has 0 saturated carbocycles. The number of aromatic nitrogens is 1. The average Bonchev–Trinajstić information content (AvgIpc) is 3.31. The molecule has 3 aromatic heterocycles. The average molecular weight is 443 g/mol. The number of benzene rings is 1. The van der Waals surface area contributed by atoms with E-state index in [-0.39, 0.29) is 11.8 Å². The normalized spacial score (nSPS) is 13.5. The minimum Gasteiger partial charge on any atom is -0.494 e. The van der Waals surface area contributed by atoms with Crippen molar-refractivity contribution in [1.82, 2.24) is 4.98 Å². The number of aryl methyl sites for hydroxylation is 1. The van der Waals surface area contributed by atoms with Gasteiger partial charge in [-0.15, -0.1) is 22.7 Å². The van der Waals surface area contributed by atoms with Crippen molar-refractivity contribution in [2.75, 3.05) is 0 Å². The molecule has 0 bridgehead atoms. The van der Waals surface area contributed by atoms with Crippen LogP contribution in [0, 0.1) is 6.92 Å². The van der Waals surface area contributed by atoms with Gasteiger partial charge in [0.25, 0.3) is 5.91 Å². The standard InChI is InChI=1S/C19H11BrN2O2S2/c1-8-2-3-13(25-8)16-9-6-12-10(7-11(9)21-18(16)23)17(19(24)22-12)14-4-5-15(20)26-14/h2-7,22,24H,1H3. The van der Waals surface area contributed by atoms with E-state index in [1.54, 1.807) is 22.7 Å². The van der Waals surface area contributed by atoms with Gasteiger partial charge in [-0.2, -0.15) is 0 Å². The van der Waals surface area contributed by atoms with Gasteiger partial charge in [-0.25, -0.2) is 4.99 Å². The van der Waals surface area contributed by atoms with Gasteiger partial charge in [0.15, 0.2) is 5.88 Å². The van der Waals surface area contributed by atoms with Crippen LogP contribution in [0.4, 0.5) is 0 Å². The maximum Gasteiger partial charge on any atom is 0.279 e. The predicted molar refractivity (Wildman–Crippen MR) is 108 cm³/mol. The van der Waals surface area contributed by atoms with Crippen LogP contribution in [0.1, 0.15) is 9.75 Å². The number of rotatable bonds is 2. The number of halogens is 1. The number of nitrogens with one attached hydrogen (secondary N) is 1. The van der Waals surface area contributed by atoms with Crippen LogP contribution >= 0.6 is 38.6 Å². The number of amides is 1. The molecule has 1 aliphatic heterocycles. The SMILES string of the molecule is Cc1ccc(C2=c3cc4[nH]c(O)c(-c5ccc(Br)s5)c4cc3=NC2=O)s1. The van der Waals surface area contributed by atoms with Crippen LogP contribution in [0.3, 0.4) is 0 Å². The molecule has 0 atom stereocenters. The second-order valence-corrected chi connectivity index (χ2v) is 9.82. The monoisotopic (exact) mass is 442 g/mol. The molecule has 4 heterocycles. The van der Waals surface area contributed by atoms with Crippen molar-refractivity contribution >= 4 is 61.0 Å². The van der Waals surface area contributed by atoms with Crippen LogP contribution in [0.15, 0.2) is 45.2 Å². The van der Waals surface area contributed by atoms with Gasteiger partial charge in [0.1, 0.15) is 0 Å². The molecule has 0 spiro atoms. The Bertz CT molecular complexity index is 1340. The van der Waals surface area contributed by atoms with Gasteiger partial charge in [0.2, 0.25) is 0 Å². The van der Waals surface area contributed by atoms with Crippen LogP contribution in [-0.4, -0.2) is 16.0 Å². The summed E-state index contributed by atoms with van der Waals surface area (Å²) in [6, 6.07) is 11.7. The Morgan fingerprint density at radius 1 is 1.12 bits per heavy atom. The van der Waals surface area contributed by atoms with E-state index in [1.807, 2.05) is 43.3 Å². The smallest absolute Gasteiger partial charge is 0.279 e. The van der Waals surface area contributed by atoms with E-state index < -0.39 is 0 Å². The molecule has 7 heteroatoms. The number of fused-ring (bicyclic) bond motifs is 2. The lowest BCUT2D eigenvalue weighted by molar-refractivity contribution is -0.112. The number of hydrogen-bond donors (Lipinski definition) is 2. The van der Waals surface area contributed by atoms with Crippen molar-refractivity contribution in [3.8, 4) is 16.3 Å². The Morgan fingerprint density at radius 2 is 1.92 bits per heavy atom. The number of carbonyl (C=O) groups is 1. The highest BCUT2D eigenvalue weighted by molar-refractivity contribution is 9.11. The Morgan fingerprint density at radius 3 is 2.62 bits per heavy atom. The van der Waals surface area contributed by atoms with Crippen LogP contribution in [0.2, 0.25) is 0 Å². The first-order valence-electron chi connectivity index (χ1n) is 7.86. The molecule has 26 heavy (non-hydrogen) atoms. The lowest BCUT2D eigenvalue weighted by atomic mass is 10.1. The molecular formula is C19H11BrN2O2S2. The van der Waals surface area contributed by atoms with Crippen molar-refractivity contribution in [2.45, 2.75) is 6.92 Å². The van der Waals surface area contributed by atoms with E-state index in [0.717, 1.165) is 40.1 Å². The van der Waals surface area contributed by atoms with Gasteiger partial charge >= 0.3 is 0 Å². The molecule has 1 amide bonds. The third-order valence-corrected chi connectivity index (χ3v) is 7.07. The fraction of sp³-hybridized carbons (Fsp3) is 0.0526. The molecule has 4 aromatic rings. The maximum atomic E-state index is 12.5. The number of carbonyl (C=O) groups excluding carboxylic acids is 1. The molecule has 1 aromatic carbocycles. The molecular weight excluding hydrogens is 432 g/mol. The molecule has 128 valence electrons. The van der Waals surface area contributed by atoms with Crippen molar-refractivity contribution in [3.63, 3.8) is 0 Å². The third-order valence-electron chi connectivity index (χ3n) is 4.41. The highest BCUT2D eigenvalue weighted by Crippen LogP contribution is 2.40. The van der Waals surface area contributed by atoms with Crippen LogP contribution in [0.5, 0.6) is 5.88 Å². The second-order valence-electron chi connectivity index (χ2n) is 6.07. The summed E-state index contributed by atoms with van der Waals surface area (Å²) >= 11 is 6.59. The summed E-state index contributed by atoms with van der Waals surface area (Å²) in [6.07, 6.45) is 0. The highest BCUT2D eigenvalue weighted by Gasteiger charge is 2.22. The van der Waals surface area contributed by atoms with E-state index in [0.29, 0.717) is 10.9 Å². The Hall–Kier alpha value is -2.22. The van der Waals surface area contributed by atoms with E-state index in [1.165, 1.54) is 0 Å². The van der Waals surface area contributed by atoms with Gasteiger partial charge in [0.05, 0.1) is 20.3 Å². The summed E-state index contributed by atoms with van der Waals surface area (Å²) in [5.41, 5.74) is 2.16. The summed E-state index contributed by atoms with van der Waals surface area (Å²) in [6.45, 7) is 2.02. The zero-order chi connectivity index (χ0) is 18.0. The molecule has 4 nitrogen and oxygen atoms in total. The van der Waals surface area contributed by atoms with Crippen molar-refractivity contribution in [3.05, 3.63) is 60.5 Å². The zero-order valence-corrected chi connectivity index (χ0v) is 16.7. The summed E-state index contributed by atoms with van der Waals surface area (Å²) in [4.78, 5) is 22.8. The number of H-pyrrole nitrogens is 1. The minimum absolute atomic E-state index is 0.123. The fourth-order valence-electron chi connectivity index (χ4n) is 3.29. The van der Waals surface area contributed by atoms with Crippen LogP contribution < -0.4 is 10.6 Å². The first-order valence-corrected chi connectivity index (χ1v) is 10.3. The number of aromatic amines is 1. The molecule has 2 N–H and O–H groups in total. The van der Waals surface area contributed by atoms with E-state index >= 15 is 0 Å². The number of aromatic hydroxyl groups is 1. The quantitative estimate of drug-likeness (QED) is 0.490. The Kier molecular flexibility index (Phi) is 3.47. The van der Waals surface area contributed by atoms with Crippen LogP contribution in [0.25, 0.3) is 26.9 Å². The number of hydrogen-bond acceptors (Lipinski definition) is 4. The Labute approximate surface area is 164 Å². The van der Waals surface area contributed by atoms with Gasteiger partial charge in [-0.05, 0) is 59.3 Å². The molecule has 1 aliphatic rings. The molecule has 5 rings (SSSR count). The lowest BCUT2D eigenvalue weighted by Crippen LogP contribution is -2.22. The van der Waals surface area contributed by atoms with E-state index in [9.17, 15) is 9.90 Å². The third kappa shape index (κ3) is 2.31. The van der Waals surface area contributed by atoms with E-state index in [4.69, 9.17) is 0 Å². The summed E-state index contributed by atoms with van der Waals surface area (Å²) in [7, 11) is 0. The first-order chi connectivity index (χ1) is 12.5. The van der Waals surface area contributed by atoms with Gasteiger partial charge in [0, 0.05) is 30.8 Å². The van der Waals surface area contributed by atoms with Crippen molar-refractivity contribution in [1.29, 1.82) is 0 Å². The predicted octanol–water partition coefficient (Wildman–Crippen LogP) is 4.09. The van der Waals surface area contributed by atoms with Gasteiger partial charge in [-0.1, -0.05) is 0 Å². The van der Waals surface area contributed by atoms with Crippen LogP contribution in [-0.2, 0) is 4.79 Å². The first kappa shape index (κ1) is 16.0. The number of nitrogens with zero attached hydrogens (tertiary/aromatic N) is 1. The zero-order valence-electron chi connectivity index (χ0n) is 13.5. The Balaban J connectivity index is 1.84. The molecule has 0 aliphatic carbocycles. The molecule has 0 fully saturated rings. The summed E-state index contributed by atoms with van der Waals surface area (Å²) < 4.78 is 0.992. The topological polar surface area (TPSA) is 65.4 Å². The van der Waals surface area contributed by atoms with Gasteiger partial charge in [-0.3, -0.25) is 4.79 Å². The van der Waals surface area contributed by atoms with Crippen molar-refractivity contribution in [2.24, 2.45) is 4.99 Å². The lowest BCUT2D eigenvalue weighted by Gasteiger charge is -1.97. The maximum absolute atomic E-state index is 12.5. The van der Waals surface area contributed by atoms with E-state index in [2.05, 4.69) is 25.9 Å². The number of thiophene rings is 2. The second kappa shape index (κ2) is 5.64. The molecule has 0 saturated heterocycles.